The summed E-state index contributed by atoms with van der Waals surface area (Å²) in [4.78, 5) is 30.8. The quantitative estimate of drug-likeness (QED) is 0.564. The number of fused-ring (bicyclic) bond motifs is 1. The molecule has 0 saturated heterocycles. The Balaban J connectivity index is 1.75. The second kappa shape index (κ2) is 9.71. The number of carbonyl (C=O) groups excluding carboxylic acids is 1. The summed E-state index contributed by atoms with van der Waals surface area (Å²) in [5.74, 6) is 0.584. The average Bonchev–Trinajstić information content (AvgIpc) is 3.21. The molecule has 160 valence electrons. The van der Waals surface area contributed by atoms with Crippen molar-refractivity contribution in [1.29, 1.82) is 0 Å². The van der Waals surface area contributed by atoms with Gasteiger partial charge in [-0.25, -0.2) is 14.8 Å². The smallest absolute Gasteiger partial charge is 0.335 e. The predicted octanol–water partition coefficient (Wildman–Crippen LogP) is 3.41. The number of nitrogens with zero attached hydrogens (tertiary/aromatic N) is 2. The van der Waals surface area contributed by atoms with E-state index in [1.165, 1.54) is 6.92 Å². The van der Waals surface area contributed by atoms with Crippen LogP contribution in [0.25, 0.3) is 5.57 Å². The summed E-state index contributed by atoms with van der Waals surface area (Å²) in [7, 11) is 0. The number of hydrogen-bond donors (Lipinski definition) is 3. The highest BCUT2D eigenvalue weighted by atomic mass is 16.5. The van der Waals surface area contributed by atoms with Crippen LogP contribution in [0.4, 0.5) is 5.82 Å². The monoisotopic (exact) mass is 420 g/mol. The van der Waals surface area contributed by atoms with Gasteiger partial charge in [0.15, 0.2) is 0 Å². The Bertz CT molecular complexity index is 1090. The van der Waals surface area contributed by atoms with Crippen LogP contribution in [0.3, 0.4) is 0 Å². The molecule has 0 unspecified atom stereocenters. The molecule has 1 aromatic heterocycles. The molecule has 0 saturated carbocycles. The number of allylic oxidation sites excluding steroid dienone is 2. The van der Waals surface area contributed by atoms with Gasteiger partial charge >= 0.3 is 5.97 Å². The minimum absolute atomic E-state index is 0.226. The number of aliphatic imine (C=N–C) groups is 1. The number of hydrogen-bond acceptors (Lipinski definition) is 6. The summed E-state index contributed by atoms with van der Waals surface area (Å²) in [6.45, 7) is 8.00. The first-order valence-corrected chi connectivity index (χ1v) is 9.73. The number of anilines is 1. The van der Waals surface area contributed by atoms with Crippen LogP contribution in [-0.4, -0.2) is 34.8 Å². The third-order valence-corrected chi connectivity index (χ3v) is 4.66. The Morgan fingerprint density at radius 2 is 2.16 bits per heavy atom. The largest absolute Gasteiger partial charge is 0.492 e. The number of nitrogens with one attached hydrogen (secondary N) is 2. The number of amides is 1. The van der Waals surface area contributed by atoms with Gasteiger partial charge in [-0.3, -0.25) is 4.79 Å². The number of carboxylic acid groups (broad SMARTS) is 1. The zero-order valence-electron chi connectivity index (χ0n) is 17.4. The van der Waals surface area contributed by atoms with Gasteiger partial charge in [0.05, 0.1) is 12.2 Å². The number of rotatable bonds is 8. The number of carboxylic acids is 1. The number of aromatic carboxylic acids is 1. The Morgan fingerprint density at radius 1 is 1.35 bits per heavy atom. The third kappa shape index (κ3) is 5.57. The van der Waals surface area contributed by atoms with Crippen LogP contribution in [0.1, 0.15) is 40.9 Å². The van der Waals surface area contributed by atoms with Crippen LogP contribution in [0.5, 0.6) is 5.75 Å². The highest BCUT2D eigenvalue weighted by molar-refractivity contribution is 5.88. The van der Waals surface area contributed by atoms with Crippen molar-refractivity contribution in [2.75, 3.05) is 11.9 Å². The molecule has 0 fully saturated rings. The van der Waals surface area contributed by atoms with Crippen molar-refractivity contribution < 1.29 is 19.4 Å². The van der Waals surface area contributed by atoms with Crippen molar-refractivity contribution >= 4 is 29.5 Å². The summed E-state index contributed by atoms with van der Waals surface area (Å²) in [5, 5.41) is 14.9. The van der Waals surface area contributed by atoms with Crippen LogP contribution in [-0.2, 0) is 17.8 Å². The number of pyridine rings is 1. The molecule has 0 radical (unpaired) electrons. The van der Waals surface area contributed by atoms with Crippen LogP contribution in [0.15, 0.2) is 53.9 Å². The molecule has 0 aliphatic carbocycles. The van der Waals surface area contributed by atoms with Crippen LogP contribution in [0.2, 0.25) is 0 Å². The summed E-state index contributed by atoms with van der Waals surface area (Å²) < 4.78 is 5.86. The van der Waals surface area contributed by atoms with E-state index in [0.29, 0.717) is 13.2 Å². The minimum atomic E-state index is -0.954. The Labute approximate surface area is 180 Å². The van der Waals surface area contributed by atoms with E-state index >= 15 is 0 Å². The lowest BCUT2D eigenvalue weighted by Crippen LogP contribution is -2.16. The van der Waals surface area contributed by atoms with E-state index in [0.717, 1.165) is 40.3 Å². The van der Waals surface area contributed by atoms with Crippen LogP contribution >= 0.6 is 0 Å². The molecule has 8 nitrogen and oxygen atoms in total. The molecule has 3 rings (SSSR count). The van der Waals surface area contributed by atoms with Crippen molar-refractivity contribution in [3.63, 3.8) is 0 Å². The van der Waals surface area contributed by atoms with Gasteiger partial charge in [-0.2, -0.15) is 0 Å². The van der Waals surface area contributed by atoms with Crippen molar-refractivity contribution in [2.24, 2.45) is 4.99 Å². The lowest BCUT2D eigenvalue weighted by molar-refractivity contribution is -0.118. The lowest BCUT2D eigenvalue weighted by atomic mass is 10.0. The first-order valence-electron chi connectivity index (χ1n) is 9.73. The van der Waals surface area contributed by atoms with Crippen molar-refractivity contribution in [1.82, 2.24) is 10.3 Å². The zero-order chi connectivity index (χ0) is 22.4. The minimum Gasteiger partial charge on any atom is -0.492 e. The highest BCUT2D eigenvalue weighted by Gasteiger charge is 2.22. The first-order chi connectivity index (χ1) is 14.8. The Hall–Kier alpha value is -3.94. The molecule has 1 aliphatic rings. The number of carbonyl (C=O) groups is 2. The summed E-state index contributed by atoms with van der Waals surface area (Å²) in [5.41, 5.74) is 3.86. The first kappa shape index (κ1) is 21.8. The predicted molar refractivity (Wildman–Crippen MR) is 119 cm³/mol. The van der Waals surface area contributed by atoms with E-state index in [4.69, 9.17) is 9.84 Å². The molecule has 1 amide bonds. The van der Waals surface area contributed by atoms with Gasteiger partial charge in [-0.1, -0.05) is 18.7 Å². The maximum Gasteiger partial charge on any atom is 0.335 e. The second-order valence-electron chi connectivity index (χ2n) is 7.04. The molecule has 31 heavy (non-hydrogen) atoms. The molecule has 0 spiro atoms. The molecule has 8 heteroatoms. The number of ether oxygens (including phenoxy) is 1. The average molecular weight is 420 g/mol. The Kier molecular flexibility index (Phi) is 6.81. The molecule has 0 atom stereocenters. The normalized spacial score (nSPS) is 12.9. The molecule has 1 aromatic carbocycles. The Morgan fingerprint density at radius 3 is 2.90 bits per heavy atom. The fourth-order valence-electron chi connectivity index (χ4n) is 3.19. The van der Waals surface area contributed by atoms with Crippen molar-refractivity contribution in [2.45, 2.75) is 26.8 Å². The van der Waals surface area contributed by atoms with E-state index in [2.05, 4.69) is 27.2 Å². The van der Waals surface area contributed by atoms with E-state index in [9.17, 15) is 9.59 Å². The molecule has 0 bridgehead atoms. The van der Waals surface area contributed by atoms with Gasteiger partial charge in [-0.05, 0) is 36.3 Å². The van der Waals surface area contributed by atoms with Gasteiger partial charge in [0.1, 0.15) is 17.4 Å². The summed E-state index contributed by atoms with van der Waals surface area (Å²) >= 11 is 0. The summed E-state index contributed by atoms with van der Waals surface area (Å²) in [6, 6.07) is 6.79. The molecular formula is C23H24N4O4. The molecular weight excluding hydrogens is 396 g/mol. The van der Waals surface area contributed by atoms with E-state index in [1.807, 2.05) is 13.0 Å². The molecule has 1 aliphatic heterocycles. The van der Waals surface area contributed by atoms with Crippen molar-refractivity contribution in [3.8, 4) is 5.75 Å². The van der Waals surface area contributed by atoms with Crippen LogP contribution in [0, 0.1) is 0 Å². The zero-order valence-corrected chi connectivity index (χ0v) is 17.4. The van der Waals surface area contributed by atoms with E-state index in [1.54, 1.807) is 36.7 Å². The molecule has 2 heterocycles. The second-order valence-corrected chi connectivity index (χ2v) is 7.04. The SMILES string of the molecule is C=C(/N=C\C=C(/C)c1cnc(NCc2cccc(C(=O)O)c2)c2c1OCC2)NC(C)=O. The lowest BCUT2D eigenvalue weighted by Gasteiger charge is -2.13. The van der Waals surface area contributed by atoms with Gasteiger partial charge in [0.25, 0.3) is 0 Å². The number of benzene rings is 1. The van der Waals surface area contributed by atoms with Crippen LogP contribution < -0.4 is 15.4 Å². The highest BCUT2D eigenvalue weighted by Crippen LogP contribution is 2.37. The maximum absolute atomic E-state index is 11.2. The van der Waals surface area contributed by atoms with Gasteiger partial charge in [0, 0.05) is 43.4 Å². The molecule has 3 N–H and O–H groups in total. The number of aromatic nitrogens is 1. The van der Waals surface area contributed by atoms with E-state index < -0.39 is 5.97 Å². The van der Waals surface area contributed by atoms with Crippen molar-refractivity contribution in [3.05, 3.63) is 71.2 Å². The van der Waals surface area contributed by atoms with Gasteiger partial charge in [-0.15, -0.1) is 0 Å². The summed E-state index contributed by atoms with van der Waals surface area (Å²) in [6.07, 6.45) is 5.84. The topological polar surface area (TPSA) is 113 Å². The fraction of sp³-hybridized carbons (Fsp3) is 0.217. The van der Waals surface area contributed by atoms with Gasteiger partial charge in [0.2, 0.25) is 5.91 Å². The van der Waals surface area contributed by atoms with E-state index in [-0.39, 0.29) is 17.3 Å². The standard InChI is InChI=1S/C23H24N4O4/c1-14(7-9-24-15(2)27-16(3)28)20-13-26-22(19-8-10-31-21(19)20)25-12-17-5-4-6-18(11-17)23(29)30/h4-7,9,11,13H,2,8,10,12H2,1,3H3,(H,25,26)(H,27,28)(H,29,30)/b14-7+,24-9-. The third-order valence-electron chi connectivity index (χ3n) is 4.66. The van der Waals surface area contributed by atoms with Gasteiger partial charge < -0.3 is 20.5 Å². The fourth-order valence-corrected chi connectivity index (χ4v) is 3.19. The maximum atomic E-state index is 11.2. The molecule has 2 aromatic rings.